The number of hydrogen-bond donors (Lipinski definition) is 1. The fourth-order valence-electron chi connectivity index (χ4n) is 3.52. The molecule has 0 bridgehead atoms. The summed E-state index contributed by atoms with van der Waals surface area (Å²) in [4.78, 5) is 12.6. The second-order valence-corrected chi connectivity index (χ2v) is 5.63. The van der Waals surface area contributed by atoms with E-state index >= 15 is 0 Å². The van der Waals surface area contributed by atoms with E-state index < -0.39 is 5.54 Å². The molecule has 0 aromatic heterocycles. The number of allylic oxidation sites excluding steroid dienone is 3. The number of fused-ring (bicyclic) bond motifs is 3. The van der Waals surface area contributed by atoms with Crippen molar-refractivity contribution in [3.8, 4) is 0 Å². The Balaban J connectivity index is 1.84. The van der Waals surface area contributed by atoms with E-state index in [1.165, 1.54) is 11.1 Å². The minimum Gasteiger partial charge on any atom is -0.500 e. The van der Waals surface area contributed by atoms with Crippen LogP contribution in [0.3, 0.4) is 0 Å². The highest BCUT2D eigenvalue weighted by atomic mass is 16.5. The first-order valence-electron chi connectivity index (χ1n) is 7.13. The number of nitrogens with one attached hydrogen (secondary N) is 1. The van der Waals surface area contributed by atoms with Gasteiger partial charge in [0.05, 0.1) is 12.6 Å². The fourth-order valence-corrected chi connectivity index (χ4v) is 3.52. The van der Waals surface area contributed by atoms with Crippen LogP contribution in [0.25, 0.3) is 0 Å². The summed E-state index contributed by atoms with van der Waals surface area (Å²) in [5.74, 6) is 0.368. The largest absolute Gasteiger partial charge is 0.500 e. The summed E-state index contributed by atoms with van der Waals surface area (Å²) in [5, 5.41) is 3.19. The van der Waals surface area contributed by atoms with Gasteiger partial charge in [-0.2, -0.15) is 0 Å². The number of carbonyl (C=O) groups is 1. The van der Waals surface area contributed by atoms with Crippen molar-refractivity contribution in [3.63, 3.8) is 0 Å². The molecule has 1 aliphatic heterocycles. The molecule has 0 fully saturated rings. The van der Waals surface area contributed by atoms with E-state index in [4.69, 9.17) is 4.74 Å². The molecule has 1 aromatic rings. The summed E-state index contributed by atoms with van der Waals surface area (Å²) in [5.41, 5.74) is 2.98. The second kappa shape index (κ2) is 4.35. The minimum absolute atomic E-state index is 0.00194. The van der Waals surface area contributed by atoms with Crippen LogP contribution in [-0.2, 0) is 21.5 Å². The van der Waals surface area contributed by atoms with Gasteiger partial charge in [0.25, 0.3) is 0 Å². The Kier molecular flexibility index (Phi) is 2.58. The van der Waals surface area contributed by atoms with Gasteiger partial charge >= 0.3 is 0 Å². The van der Waals surface area contributed by atoms with Gasteiger partial charge in [0.1, 0.15) is 11.7 Å². The number of methoxy groups -OCH3 is 1. The predicted octanol–water partition coefficient (Wildman–Crippen LogP) is 2.41. The number of ether oxygens (including phenoxy) is 1. The summed E-state index contributed by atoms with van der Waals surface area (Å²) in [6, 6.07) is 8.27. The quantitative estimate of drug-likeness (QED) is 0.856. The summed E-state index contributed by atoms with van der Waals surface area (Å²) in [6.07, 6.45) is 11.0. The van der Waals surface area contributed by atoms with E-state index in [0.717, 1.165) is 12.0 Å². The fraction of sp³-hybridized carbons (Fsp3) is 0.222. The van der Waals surface area contributed by atoms with Crippen molar-refractivity contribution >= 4 is 5.91 Å². The molecule has 1 N–H and O–H groups in total. The van der Waals surface area contributed by atoms with Gasteiger partial charge in [-0.25, -0.2) is 0 Å². The molecule has 1 amide bonds. The Hall–Kier alpha value is -2.29. The molecule has 3 heteroatoms. The van der Waals surface area contributed by atoms with Crippen LogP contribution in [0.4, 0.5) is 0 Å². The highest BCUT2D eigenvalue weighted by Gasteiger charge is 2.45. The van der Waals surface area contributed by atoms with Crippen LogP contribution in [0.2, 0.25) is 0 Å². The zero-order chi connectivity index (χ0) is 14.4. The summed E-state index contributed by atoms with van der Waals surface area (Å²) >= 11 is 0. The lowest BCUT2D eigenvalue weighted by molar-refractivity contribution is -0.125. The van der Waals surface area contributed by atoms with Gasteiger partial charge < -0.3 is 10.1 Å². The third kappa shape index (κ3) is 1.70. The lowest BCUT2D eigenvalue weighted by atomic mass is 9.79. The van der Waals surface area contributed by atoms with E-state index in [9.17, 15) is 4.79 Å². The Labute approximate surface area is 124 Å². The molecule has 1 heterocycles. The zero-order valence-corrected chi connectivity index (χ0v) is 11.8. The molecule has 105 valence electrons. The summed E-state index contributed by atoms with van der Waals surface area (Å²) in [6.45, 7) is 0. The normalized spacial score (nSPS) is 29.4. The Bertz CT molecular complexity index is 714. The number of rotatable bonds is 1. The van der Waals surface area contributed by atoms with Crippen molar-refractivity contribution in [1.82, 2.24) is 5.32 Å². The van der Waals surface area contributed by atoms with E-state index in [2.05, 4.69) is 29.9 Å². The molecular formula is C18H16NO2. The van der Waals surface area contributed by atoms with Crippen LogP contribution in [0.5, 0.6) is 0 Å². The molecule has 0 saturated heterocycles. The first-order valence-corrected chi connectivity index (χ1v) is 7.13. The third-order valence-electron chi connectivity index (χ3n) is 4.50. The number of hydrogen-bond acceptors (Lipinski definition) is 2. The highest BCUT2D eigenvalue weighted by molar-refractivity contribution is 5.89. The SMILES string of the molecule is COC1=CC=CC2=CC3([CH]Cc4ccccc43)NC(=O)C21. The number of carbonyl (C=O) groups excluding carboxylic acids is 1. The van der Waals surface area contributed by atoms with Crippen LogP contribution in [0.1, 0.15) is 11.1 Å². The van der Waals surface area contributed by atoms with Crippen LogP contribution >= 0.6 is 0 Å². The Morgan fingerprint density at radius 2 is 2.19 bits per heavy atom. The molecule has 4 rings (SSSR count). The zero-order valence-electron chi connectivity index (χ0n) is 11.8. The first-order chi connectivity index (χ1) is 10.2. The number of benzene rings is 1. The number of amides is 1. The average Bonchev–Trinajstić information content (AvgIpc) is 2.85. The molecule has 2 aliphatic carbocycles. The maximum atomic E-state index is 12.6. The van der Waals surface area contributed by atoms with Crippen LogP contribution < -0.4 is 5.32 Å². The molecule has 1 spiro atoms. The molecule has 0 saturated carbocycles. The topological polar surface area (TPSA) is 38.3 Å². The van der Waals surface area contributed by atoms with E-state index in [1.54, 1.807) is 7.11 Å². The van der Waals surface area contributed by atoms with Crippen LogP contribution in [0.15, 0.2) is 59.9 Å². The van der Waals surface area contributed by atoms with E-state index in [-0.39, 0.29) is 11.8 Å². The van der Waals surface area contributed by atoms with Crippen LogP contribution in [-0.4, -0.2) is 13.0 Å². The van der Waals surface area contributed by atoms with Gasteiger partial charge in [-0.05, 0) is 41.7 Å². The van der Waals surface area contributed by atoms with Crippen molar-refractivity contribution in [2.24, 2.45) is 5.92 Å². The highest BCUT2D eigenvalue weighted by Crippen LogP contribution is 2.43. The van der Waals surface area contributed by atoms with Crippen molar-refractivity contribution in [2.75, 3.05) is 7.11 Å². The van der Waals surface area contributed by atoms with Gasteiger partial charge in [0.2, 0.25) is 5.91 Å². The molecule has 21 heavy (non-hydrogen) atoms. The molecular weight excluding hydrogens is 262 g/mol. The third-order valence-corrected chi connectivity index (χ3v) is 4.50. The summed E-state index contributed by atoms with van der Waals surface area (Å²) in [7, 11) is 1.61. The van der Waals surface area contributed by atoms with Crippen LogP contribution in [0, 0.1) is 12.3 Å². The lowest BCUT2D eigenvalue weighted by Crippen LogP contribution is -2.50. The molecule has 2 unspecified atom stereocenters. The molecule has 1 aromatic carbocycles. The van der Waals surface area contributed by atoms with Gasteiger partial charge in [0.15, 0.2) is 0 Å². The maximum absolute atomic E-state index is 12.6. The Morgan fingerprint density at radius 3 is 3.05 bits per heavy atom. The molecule has 3 aliphatic rings. The van der Waals surface area contributed by atoms with Gasteiger partial charge in [-0.15, -0.1) is 0 Å². The smallest absolute Gasteiger partial charge is 0.236 e. The van der Waals surface area contributed by atoms with Gasteiger partial charge in [-0.3, -0.25) is 4.79 Å². The monoisotopic (exact) mass is 278 g/mol. The predicted molar refractivity (Wildman–Crippen MR) is 80.1 cm³/mol. The second-order valence-electron chi connectivity index (χ2n) is 5.63. The Morgan fingerprint density at radius 1 is 1.33 bits per heavy atom. The van der Waals surface area contributed by atoms with Gasteiger partial charge in [-0.1, -0.05) is 36.4 Å². The first kappa shape index (κ1) is 12.5. The van der Waals surface area contributed by atoms with Crippen molar-refractivity contribution in [2.45, 2.75) is 12.0 Å². The van der Waals surface area contributed by atoms with E-state index in [1.807, 2.05) is 30.4 Å². The summed E-state index contributed by atoms with van der Waals surface area (Å²) < 4.78 is 5.35. The standard InChI is InChI=1S/C18H16NO2/c1-21-15-8-4-6-13-11-18(19-17(20)16(13)15)10-9-12-5-2-3-7-14(12)18/h2-8,10-11,16H,9H2,1H3,(H,19,20). The van der Waals surface area contributed by atoms with Crippen molar-refractivity contribution in [3.05, 3.63) is 77.4 Å². The molecule has 2 atom stereocenters. The lowest BCUT2D eigenvalue weighted by Gasteiger charge is -2.37. The van der Waals surface area contributed by atoms with Crippen molar-refractivity contribution in [1.29, 1.82) is 0 Å². The van der Waals surface area contributed by atoms with E-state index in [0.29, 0.717) is 5.76 Å². The molecule has 1 radical (unpaired) electrons. The maximum Gasteiger partial charge on any atom is 0.236 e. The van der Waals surface area contributed by atoms with Gasteiger partial charge in [0, 0.05) is 0 Å². The minimum atomic E-state index is -0.472. The van der Waals surface area contributed by atoms with Crippen molar-refractivity contribution < 1.29 is 9.53 Å². The average molecular weight is 278 g/mol. The molecule has 3 nitrogen and oxygen atoms in total.